The monoisotopic (exact) mass is 305 g/mol. The summed E-state index contributed by atoms with van der Waals surface area (Å²) in [7, 11) is 0. The van der Waals surface area contributed by atoms with E-state index < -0.39 is 0 Å². The molecule has 2 aromatic carbocycles. The fourth-order valence-corrected chi connectivity index (χ4v) is 2.24. The molecule has 1 heterocycles. The van der Waals surface area contributed by atoms with Crippen molar-refractivity contribution in [2.45, 2.75) is 20.8 Å². The molecule has 0 bridgehead atoms. The number of hydrogen-bond donors (Lipinski definition) is 2. The van der Waals surface area contributed by atoms with Gasteiger partial charge in [-0.1, -0.05) is 18.2 Å². The van der Waals surface area contributed by atoms with E-state index in [1.165, 1.54) is 16.7 Å². The van der Waals surface area contributed by atoms with Crippen molar-refractivity contribution in [3.63, 3.8) is 0 Å². The number of nitrogens with zero attached hydrogens (tertiary/aromatic N) is 3. The van der Waals surface area contributed by atoms with E-state index in [1.807, 2.05) is 18.2 Å². The zero-order valence-corrected chi connectivity index (χ0v) is 13.5. The zero-order valence-electron chi connectivity index (χ0n) is 13.5. The Balaban J connectivity index is 1.78. The Bertz CT molecular complexity index is 829. The Morgan fingerprint density at radius 1 is 0.826 bits per heavy atom. The van der Waals surface area contributed by atoms with Crippen LogP contribution in [0.3, 0.4) is 0 Å². The van der Waals surface area contributed by atoms with Crippen molar-refractivity contribution >= 4 is 23.1 Å². The van der Waals surface area contributed by atoms with E-state index in [0.29, 0.717) is 11.8 Å². The largest absolute Gasteiger partial charge is 0.339 e. The number of nitrogens with one attached hydrogen (secondary N) is 2. The van der Waals surface area contributed by atoms with E-state index in [0.717, 1.165) is 11.4 Å². The van der Waals surface area contributed by atoms with Crippen molar-refractivity contribution in [1.29, 1.82) is 0 Å². The van der Waals surface area contributed by atoms with E-state index >= 15 is 0 Å². The van der Waals surface area contributed by atoms with Gasteiger partial charge < -0.3 is 10.6 Å². The summed E-state index contributed by atoms with van der Waals surface area (Å²) in [5.74, 6) is 1.11. The Morgan fingerprint density at radius 3 is 2.43 bits per heavy atom. The standard InChI is InChI=1S/C18H19N5/c1-12-5-4-6-15(9-12)20-17-11-19-23-18(22-17)21-16-8-7-13(2)14(3)10-16/h4-11H,1-3H3,(H2,20,21,22,23). The minimum absolute atomic E-state index is 0.464. The minimum atomic E-state index is 0.464. The number of hydrogen-bond acceptors (Lipinski definition) is 5. The summed E-state index contributed by atoms with van der Waals surface area (Å²) in [5, 5.41) is 14.5. The highest BCUT2D eigenvalue weighted by Crippen LogP contribution is 2.19. The third kappa shape index (κ3) is 3.83. The highest BCUT2D eigenvalue weighted by molar-refractivity contribution is 5.59. The molecule has 0 aliphatic heterocycles. The Morgan fingerprint density at radius 2 is 1.65 bits per heavy atom. The van der Waals surface area contributed by atoms with Crippen LogP contribution < -0.4 is 10.6 Å². The number of aryl methyl sites for hydroxylation is 3. The molecule has 0 atom stereocenters. The van der Waals surface area contributed by atoms with Crippen LogP contribution in [0.25, 0.3) is 0 Å². The first-order chi connectivity index (χ1) is 11.1. The molecule has 0 saturated heterocycles. The molecule has 1 aromatic heterocycles. The molecule has 0 spiro atoms. The number of benzene rings is 2. The fourth-order valence-electron chi connectivity index (χ4n) is 2.24. The van der Waals surface area contributed by atoms with Gasteiger partial charge >= 0.3 is 0 Å². The lowest BCUT2D eigenvalue weighted by molar-refractivity contribution is 0.982. The lowest BCUT2D eigenvalue weighted by Crippen LogP contribution is -2.02. The molecule has 0 amide bonds. The lowest BCUT2D eigenvalue weighted by Gasteiger charge is -2.09. The number of anilines is 4. The van der Waals surface area contributed by atoms with Crippen molar-refractivity contribution in [3.8, 4) is 0 Å². The second-order valence-corrected chi connectivity index (χ2v) is 5.58. The van der Waals surface area contributed by atoms with Crippen LogP contribution in [0.2, 0.25) is 0 Å². The molecular formula is C18H19N5. The molecule has 5 heteroatoms. The molecule has 0 saturated carbocycles. The molecular weight excluding hydrogens is 286 g/mol. The summed E-state index contributed by atoms with van der Waals surface area (Å²) >= 11 is 0. The van der Waals surface area contributed by atoms with Crippen LogP contribution in [-0.2, 0) is 0 Å². The van der Waals surface area contributed by atoms with Crippen molar-refractivity contribution in [2.75, 3.05) is 10.6 Å². The van der Waals surface area contributed by atoms with Crippen LogP contribution in [0.5, 0.6) is 0 Å². The molecule has 2 N–H and O–H groups in total. The van der Waals surface area contributed by atoms with Crippen LogP contribution in [0.1, 0.15) is 16.7 Å². The Kier molecular flexibility index (Phi) is 4.19. The predicted octanol–water partition coefficient (Wildman–Crippen LogP) is 4.28. The average molecular weight is 305 g/mol. The molecule has 0 unspecified atom stereocenters. The first-order valence-corrected chi connectivity index (χ1v) is 7.48. The average Bonchev–Trinajstić information content (AvgIpc) is 2.51. The van der Waals surface area contributed by atoms with E-state index in [-0.39, 0.29) is 0 Å². The van der Waals surface area contributed by atoms with Gasteiger partial charge in [0.1, 0.15) is 0 Å². The van der Waals surface area contributed by atoms with Gasteiger partial charge in [0.15, 0.2) is 5.82 Å². The summed E-state index contributed by atoms with van der Waals surface area (Å²) < 4.78 is 0. The van der Waals surface area contributed by atoms with Crippen molar-refractivity contribution in [2.24, 2.45) is 0 Å². The van der Waals surface area contributed by atoms with Crippen LogP contribution in [-0.4, -0.2) is 15.2 Å². The predicted molar refractivity (Wildman–Crippen MR) is 93.5 cm³/mol. The van der Waals surface area contributed by atoms with E-state index in [4.69, 9.17) is 0 Å². The Hall–Kier alpha value is -2.95. The molecule has 0 radical (unpaired) electrons. The van der Waals surface area contributed by atoms with Crippen molar-refractivity contribution in [3.05, 3.63) is 65.4 Å². The second-order valence-electron chi connectivity index (χ2n) is 5.58. The third-order valence-corrected chi connectivity index (χ3v) is 3.61. The molecule has 23 heavy (non-hydrogen) atoms. The van der Waals surface area contributed by atoms with Gasteiger partial charge in [-0.2, -0.15) is 10.1 Å². The van der Waals surface area contributed by atoms with E-state index in [2.05, 4.69) is 70.9 Å². The molecule has 0 fully saturated rings. The highest BCUT2D eigenvalue weighted by Gasteiger charge is 2.03. The summed E-state index contributed by atoms with van der Waals surface area (Å²) in [6.45, 7) is 6.22. The quantitative estimate of drug-likeness (QED) is 0.753. The SMILES string of the molecule is Cc1cccc(Nc2cnnc(Nc3ccc(C)c(C)c3)n2)c1. The van der Waals surface area contributed by atoms with Crippen molar-refractivity contribution in [1.82, 2.24) is 15.2 Å². The summed E-state index contributed by atoms with van der Waals surface area (Å²) in [6, 6.07) is 14.2. The topological polar surface area (TPSA) is 62.7 Å². The summed E-state index contributed by atoms with van der Waals surface area (Å²) in [6.07, 6.45) is 1.61. The molecule has 0 aliphatic rings. The smallest absolute Gasteiger partial charge is 0.249 e. The number of rotatable bonds is 4. The van der Waals surface area contributed by atoms with Gasteiger partial charge in [-0.3, -0.25) is 0 Å². The lowest BCUT2D eigenvalue weighted by atomic mass is 10.1. The third-order valence-electron chi connectivity index (χ3n) is 3.61. The van der Waals surface area contributed by atoms with E-state index in [1.54, 1.807) is 6.20 Å². The normalized spacial score (nSPS) is 10.4. The fraction of sp³-hybridized carbons (Fsp3) is 0.167. The molecule has 116 valence electrons. The molecule has 5 nitrogen and oxygen atoms in total. The second kappa shape index (κ2) is 6.44. The molecule has 0 aliphatic carbocycles. The van der Waals surface area contributed by atoms with Crippen LogP contribution in [0.15, 0.2) is 48.7 Å². The maximum atomic E-state index is 4.45. The molecule has 3 rings (SSSR count). The van der Waals surface area contributed by atoms with Crippen LogP contribution in [0, 0.1) is 20.8 Å². The van der Waals surface area contributed by atoms with Crippen molar-refractivity contribution < 1.29 is 0 Å². The summed E-state index contributed by atoms with van der Waals surface area (Å²) in [5.41, 5.74) is 5.58. The first kappa shape index (κ1) is 15.0. The number of aromatic nitrogens is 3. The van der Waals surface area contributed by atoms with Gasteiger partial charge in [-0.25, -0.2) is 0 Å². The minimum Gasteiger partial charge on any atom is -0.339 e. The zero-order chi connectivity index (χ0) is 16.2. The van der Waals surface area contributed by atoms with Gasteiger partial charge in [0.05, 0.1) is 6.20 Å². The van der Waals surface area contributed by atoms with Crippen LogP contribution in [0.4, 0.5) is 23.1 Å². The van der Waals surface area contributed by atoms with Gasteiger partial charge in [-0.15, -0.1) is 5.10 Å². The molecule has 3 aromatic rings. The highest BCUT2D eigenvalue weighted by atomic mass is 15.3. The van der Waals surface area contributed by atoms with Gasteiger partial charge in [0.2, 0.25) is 5.95 Å². The van der Waals surface area contributed by atoms with Gasteiger partial charge in [0, 0.05) is 11.4 Å². The van der Waals surface area contributed by atoms with E-state index in [9.17, 15) is 0 Å². The van der Waals surface area contributed by atoms with Gasteiger partial charge in [0.25, 0.3) is 0 Å². The van der Waals surface area contributed by atoms with Gasteiger partial charge in [-0.05, 0) is 61.7 Å². The van der Waals surface area contributed by atoms with Crippen LogP contribution >= 0.6 is 0 Å². The Labute approximate surface area is 135 Å². The first-order valence-electron chi connectivity index (χ1n) is 7.48. The maximum Gasteiger partial charge on any atom is 0.249 e. The maximum absolute atomic E-state index is 4.45. The summed E-state index contributed by atoms with van der Waals surface area (Å²) in [4.78, 5) is 4.45.